The van der Waals surface area contributed by atoms with Crippen LogP contribution in [-0.2, 0) is 0 Å². The summed E-state index contributed by atoms with van der Waals surface area (Å²) in [7, 11) is 0. The lowest BCUT2D eigenvalue weighted by atomic mass is 9.91. The van der Waals surface area contributed by atoms with Gasteiger partial charge in [-0.3, -0.25) is 4.90 Å². The Kier molecular flexibility index (Phi) is 5.26. The van der Waals surface area contributed by atoms with E-state index in [2.05, 4.69) is 16.7 Å². The molecule has 2 heteroatoms. The molecule has 1 aliphatic rings. The predicted molar refractivity (Wildman–Crippen MR) is 74.2 cm³/mol. The minimum atomic E-state index is 0.273. The SMILES string of the molecule is OCCCN(CC#Cc1ccccc1)C1CCC1. The second-order valence-corrected chi connectivity index (χ2v) is 4.80. The van der Waals surface area contributed by atoms with Crippen LogP contribution in [0.3, 0.4) is 0 Å². The average Bonchev–Trinajstić information content (AvgIpc) is 2.35. The summed E-state index contributed by atoms with van der Waals surface area (Å²) in [4.78, 5) is 2.41. The Labute approximate surface area is 110 Å². The van der Waals surface area contributed by atoms with Gasteiger partial charge in [-0.1, -0.05) is 36.5 Å². The van der Waals surface area contributed by atoms with E-state index in [0.29, 0.717) is 6.04 Å². The fourth-order valence-corrected chi connectivity index (χ4v) is 2.18. The van der Waals surface area contributed by atoms with Crippen molar-refractivity contribution in [1.82, 2.24) is 4.90 Å². The van der Waals surface area contributed by atoms with E-state index in [9.17, 15) is 0 Å². The van der Waals surface area contributed by atoms with Crippen LogP contribution in [0, 0.1) is 11.8 Å². The second kappa shape index (κ2) is 7.20. The smallest absolute Gasteiger partial charge is 0.0607 e. The molecule has 0 radical (unpaired) electrons. The predicted octanol–water partition coefficient (Wildman–Crippen LogP) is 2.28. The van der Waals surface area contributed by atoms with Crippen molar-refractivity contribution in [2.24, 2.45) is 0 Å². The van der Waals surface area contributed by atoms with Crippen LogP contribution in [0.1, 0.15) is 31.2 Å². The first-order valence-corrected chi connectivity index (χ1v) is 6.79. The minimum absolute atomic E-state index is 0.273. The van der Waals surface area contributed by atoms with Gasteiger partial charge in [0.2, 0.25) is 0 Å². The van der Waals surface area contributed by atoms with Gasteiger partial charge in [0, 0.05) is 24.8 Å². The van der Waals surface area contributed by atoms with Crippen molar-refractivity contribution in [1.29, 1.82) is 0 Å². The molecule has 96 valence electrons. The van der Waals surface area contributed by atoms with Gasteiger partial charge in [-0.2, -0.15) is 0 Å². The van der Waals surface area contributed by atoms with E-state index in [1.807, 2.05) is 30.3 Å². The van der Waals surface area contributed by atoms with Crippen molar-refractivity contribution in [2.75, 3.05) is 19.7 Å². The first kappa shape index (κ1) is 13.1. The summed E-state index contributed by atoms with van der Waals surface area (Å²) in [6.07, 6.45) is 4.77. The highest BCUT2D eigenvalue weighted by molar-refractivity contribution is 5.33. The third kappa shape index (κ3) is 3.87. The molecule has 18 heavy (non-hydrogen) atoms. The van der Waals surface area contributed by atoms with Crippen LogP contribution >= 0.6 is 0 Å². The molecule has 0 aliphatic heterocycles. The molecule has 0 aromatic heterocycles. The molecule has 0 atom stereocenters. The maximum atomic E-state index is 8.93. The summed E-state index contributed by atoms with van der Waals surface area (Å²) >= 11 is 0. The van der Waals surface area contributed by atoms with Crippen LogP contribution in [0.25, 0.3) is 0 Å². The van der Waals surface area contributed by atoms with E-state index in [1.54, 1.807) is 0 Å². The van der Waals surface area contributed by atoms with Crippen LogP contribution in [-0.4, -0.2) is 35.7 Å². The van der Waals surface area contributed by atoms with Gasteiger partial charge in [0.1, 0.15) is 0 Å². The van der Waals surface area contributed by atoms with Gasteiger partial charge in [-0.05, 0) is 31.4 Å². The Balaban J connectivity index is 1.86. The first-order chi connectivity index (χ1) is 8.90. The number of rotatable bonds is 5. The van der Waals surface area contributed by atoms with E-state index in [-0.39, 0.29) is 6.61 Å². The molecule has 1 saturated carbocycles. The van der Waals surface area contributed by atoms with Gasteiger partial charge < -0.3 is 5.11 Å². The number of benzene rings is 1. The van der Waals surface area contributed by atoms with Gasteiger partial charge in [0.25, 0.3) is 0 Å². The average molecular weight is 243 g/mol. The fourth-order valence-electron chi connectivity index (χ4n) is 2.18. The van der Waals surface area contributed by atoms with Crippen LogP contribution in [0.4, 0.5) is 0 Å². The van der Waals surface area contributed by atoms with E-state index in [1.165, 1.54) is 19.3 Å². The zero-order chi connectivity index (χ0) is 12.6. The monoisotopic (exact) mass is 243 g/mol. The number of nitrogens with zero attached hydrogens (tertiary/aromatic N) is 1. The maximum absolute atomic E-state index is 8.93. The third-order valence-electron chi connectivity index (χ3n) is 3.48. The molecule has 0 spiro atoms. The van der Waals surface area contributed by atoms with Gasteiger partial charge in [-0.25, -0.2) is 0 Å². The van der Waals surface area contributed by atoms with Crippen molar-refractivity contribution in [3.63, 3.8) is 0 Å². The lowest BCUT2D eigenvalue weighted by Crippen LogP contribution is -2.41. The quantitative estimate of drug-likeness (QED) is 0.802. The number of hydrogen-bond donors (Lipinski definition) is 1. The van der Waals surface area contributed by atoms with Crippen molar-refractivity contribution < 1.29 is 5.11 Å². The van der Waals surface area contributed by atoms with E-state index in [0.717, 1.165) is 25.1 Å². The molecule has 1 fully saturated rings. The summed E-state index contributed by atoms with van der Waals surface area (Å²) in [6.45, 7) is 2.06. The van der Waals surface area contributed by atoms with E-state index in [4.69, 9.17) is 5.11 Å². The Morgan fingerprint density at radius 2 is 2.00 bits per heavy atom. The molecule has 0 saturated heterocycles. The van der Waals surface area contributed by atoms with Crippen molar-refractivity contribution in [2.45, 2.75) is 31.7 Å². The number of aliphatic hydroxyl groups is 1. The van der Waals surface area contributed by atoms with Crippen LogP contribution in [0.5, 0.6) is 0 Å². The number of hydrogen-bond acceptors (Lipinski definition) is 2. The normalized spacial score (nSPS) is 15.0. The highest BCUT2D eigenvalue weighted by Gasteiger charge is 2.23. The van der Waals surface area contributed by atoms with Crippen molar-refractivity contribution >= 4 is 0 Å². The van der Waals surface area contributed by atoms with Crippen LogP contribution in [0.15, 0.2) is 30.3 Å². The summed E-state index contributed by atoms with van der Waals surface area (Å²) in [5.41, 5.74) is 1.08. The molecule has 0 bridgehead atoms. The van der Waals surface area contributed by atoms with Crippen molar-refractivity contribution in [3.8, 4) is 11.8 Å². The van der Waals surface area contributed by atoms with E-state index >= 15 is 0 Å². The highest BCUT2D eigenvalue weighted by atomic mass is 16.3. The summed E-state index contributed by atoms with van der Waals surface area (Å²) in [5.74, 6) is 6.45. The molecule has 1 aromatic rings. The van der Waals surface area contributed by atoms with Crippen LogP contribution < -0.4 is 0 Å². The highest BCUT2D eigenvalue weighted by Crippen LogP contribution is 2.24. The molecule has 2 rings (SSSR count). The molecular formula is C16H21NO. The lowest BCUT2D eigenvalue weighted by Gasteiger charge is -2.36. The molecule has 0 heterocycles. The molecular weight excluding hydrogens is 222 g/mol. The molecule has 1 N–H and O–H groups in total. The third-order valence-corrected chi connectivity index (χ3v) is 3.48. The summed E-state index contributed by atoms with van der Waals surface area (Å²) < 4.78 is 0. The molecule has 0 unspecified atom stereocenters. The maximum Gasteiger partial charge on any atom is 0.0607 e. The lowest BCUT2D eigenvalue weighted by molar-refractivity contribution is 0.132. The van der Waals surface area contributed by atoms with Gasteiger partial charge >= 0.3 is 0 Å². The topological polar surface area (TPSA) is 23.5 Å². The molecule has 2 nitrogen and oxygen atoms in total. The molecule has 1 aromatic carbocycles. The second-order valence-electron chi connectivity index (χ2n) is 4.80. The largest absolute Gasteiger partial charge is 0.396 e. The van der Waals surface area contributed by atoms with Crippen LogP contribution in [0.2, 0.25) is 0 Å². The summed E-state index contributed by atoms with van der Waals surface area (Å²) in [5, 5.41) is 8.93. The first-order valence-electron chi connectivity index (χ1n) is 6.79. The van der Waals surface area contributed by atoms with E-state index < -0.39 is 0 Å². The van der Waals surface area contributed by atoms with Crippen molar-refractivity contribution in [3.05, 3.63) is 35.9 Å². The minimum Gasteiger partial charge on any atom is -0.396 e. The molecule has 1 aliphatic carbocycles. The Bertz CT molecular complexity index is 400. The van der Waals surface area contributed by atoms with Gasteiger partial charge in [-0.15, -0.1) is 0 Å². The van der Waals surface area contributed by atoms with Gasteiger partial charge in [0.15, 0.2) is 0 Å². The standard InChI is InChI=1S/C16H21NO/c18-14-6-13-17(16-10-4-11-16)12-5-9-15-7-2-1-3-8-15/h1-3,7-8,16,18H,4,6,10-14H2. The number of aliphatic hydroxyl groups excluding tert-OH is 1. The molecule has 0 amide bonds. The zero-order valence-electron chi connectivity index (χ0n) is 10.8. The Hall–Kier alpha value is -1.30. The Morgan fingerprint density at radius 3 is 2.61 bits per heavy atom. The summed E-state index contributed by atoms with van der Waals surface area (Å²) in [6, 6.07) is 10.8. The van der Waals surface area contributed by atoms with Gasteiger partial charge in [0.05, 0.1) is 6.54 Å². The zero-order valence-corrected chi connectivity index (χ0v) is 10.8. The fraction of sp³-hybridized carbons (Fsp3) is 0.500. The Morgan fingerprint density at radius 1 is 1.22 bits per heavy atom.